The van der Waals surface area contributed by atoms with Crippen LogP contribution in [0.5, 0.6) is 0 Å². The minimum atomic E-state index is -0.945. The van der Waals surface area contributed by atoms with E-state index in [2.05, 4.69) is 34.6 Å². The number of carbonyl (C=O) groups is 1. The van der Waals surface area contributed by atoms with Gasteiger partial charge < -0.3 is 15.3 Å². The number of hydrogen-bond donors (Lipinski definition) is 3. The lowest BCUT2D eigenvalue weighted by Gasteiger charge is -2.37. The number of hydrogen-bond acceptors (Lipinski definition) is 4. The molecule has 1 fully saturated rings. The van der Waals surface area contributed by atoms with Crippen molar-refractivity contribution in [3.05, 3.63) is 59.2 Å². The third kappa shape index (κ3) is 3.61. The maximum absolute atomic E-state index is 12.8. The van der Waals surface area contributed by atoms with E-state index in [1.807, 2.05) is 24.3 Å². The summed E-state index contributed by atoms with van der Waals surface area (Å²) < 4.78 is 0. The molecule has 140 valence electrons. The molecule has 0 atom stereocenters. The van der Waals surface area contributed by atoms with Gasteiger partial charge in [-0.15, -0.1) is 11.3 Å². The fourth-order valence-corrected chi connectivity index (χ4v) is 4.35. The first kappa shape index (κ1) is 17.8. The number of piperidine rings is 1. The second kappa shape index (κ2) is 7.17. The lowest BCUT2D eigenvalue weighted by atomic mass is 9.88. The standard InChI is InChI=1S/C20H22N4O2S/c1-14-6-7-17(27-14)15-4-2-3-5-16(15)22-19(25)24-12-9-20(26,10-13-24)18-8-11-21-23-18/h2-8,11,26H,9-10,12-13H2,1H3,(H,21,23)(H,22,25). The molecule has 6 nitrogen and oxygen atoms in total. The van der Waals surface area contributed by atoms with Gasteiger partial charge in [-0.1, -0.05) is 18.2 Å². The number of nitrogens with one attached hydrogen (secondary N) is 2. The number of aryl methyl sites for hydroxylation is 1. The smallest absolute Gasteiger partial charge is 0.321 e. The number of para-hydroxylation sites is 1. The largest absolute Gasteiger partial charge is 0.383 e. The molecular formula is C20H22N4O2S. The van der Waals surface area contributed by atoms with E-state index in [1.54, 1.807) is 28.5 Å². The highest BCUT2D eigenvalue weighted by Crippen LogP contribution is 2.34. The Bertz CT molecular complexity index is 927. The van der Waals surface area contributed by atoms with Crippen molar-refractivity contribution >= 4 is 23.1 Å². The number of aromatic amines is 1. The van der Waals surface area contributed by atoms with E-state index in [0.717, 1.165) is 16.1 Å². The second-order valence-electron chi connectivity index (χ2n) is 6.87. The summed E-state index contributed by atoms with van der Waals surface area (Å²) >= 11 is 1.71. The molecule has 1 aliphatic heterocycles. The number of urea groups is 1. The van der Waals surface area contributed by atoms with Gasteiger partial charge in [0.15, 0.2) is 0 Å². The van der Waals surface area contributed by atoms with Crippen molar-refractivity contribution in [1.29, 1.82) is 0 Å². The Balaban J connectivity index is 1.45. The molecule has 27 heavy (non-hydrogen) atoms. The Morgan fingerprint density at radius 1 is 1.22 bits per heavy atom. The number of likely N-dealkylation sites (tertiary alicyclic amines) is 1. The van der Waals surface area contributed by atoms with Gasteiger partial charge in [0.25, 0.3) is 0 Å². The van der Waals surface area contributed by atoms with Crippen LogP contribution < -0.4 is 5.32 Å². The van der Waals surface area contributed by atoms with Gasteiger partial charge in [0.2, 0.25) is 0 Å². The van der Waals surface area contributed by atoms with E-state index in [4.69, 9.17) is 0 Å². The van der Waals surface area contributed by atoms with E-state index in [0.29, 0.717) is 31.6 Å². The van der Waals surface area contributed by atoms with Gasteiger partial charge in [0.05, 0.1) is 11.4 Å². The summed E-state index contributed by atoms with van der Waals surface area (Å²) in [5.74, 6) is 0. The molecule has 2 amide bonds. The van der Waals surface area contributed by atoms with Crippen LogP contribution in [0, 0.1) is 6.92 Å². The zero-order chi connectivity index (χ0) is 18.9. The first-order valence-corrected chi connectivity index (χ1v) is 9.81. The number of nitrogens with zero attached hydrogens (tertiary/aromatic N) is 2. The summed E-state index contributed by atoms with van der Waals surface area (Å²) in [5, 5.41) is 20.6. The number of aliphatic hydroxyl groups is 1. The van der Waals surface area contributed by atoms with Crippen LogP contribution in [0.15, 0.2) is 48.7 Å². The van der Waals surface area contributed by atoms with Crippen LogP contribution in [0.2, 0.25) is 0 Å². The molecule has 1 aliphatic rings. The Hall–Kier alpha value is -2.64. The number of benzene rings is 1. The molecule has 3 N–H and O–H groups in total. The zero-order valence-corrected chi connectivity index (χ0v) is 15.9. The molecule has 0 unspecified atom stereocenters. The van der Waals surface area contributed by atoms with Crippen molar-refractivity contribution in [2.45, 2.75) is 25.4 Å². The Morgan fingerprint density at radius 3 is 2.67 bits per heavy atom. The average Bonchev–Trinajstić information content (AvgIpc) is 3.35. The molecule has 3 heterocycles. The first-order chi connectivity index (χ1) is 13.0. The van der Waals surface area contributed by atoms with Crippen molar-refractivity contribution in [1.82, 2.24) is 15.1 Å². The number of anilines is 1. The van der Waals surface area contributed by atoms with E-state index in [1.165, 1.54) is 4.88 Å². The first-order valence-electron chi connectivity index (χ1n) is 8.99. The predicted molar refractivity (Wildman–Crippen MR) is 107 cm³/mol. The molecule has 7 heteroatoms. The van der Waals surface area contributed by atoms with Crippen molar-refractivity contribution in [3.8, 4) is 10.4 Å². The van der Waals surface area contributed by atoms with Gasteiger partial charge in [-0.3, -0.25) is 5.10 Å². The average molecular weight is 382 g/mol. The molecule has 0 spiro atoms. The SMILES string of the molecule is Cc1ccc(-c2ccccc2NC(=O)N2CCC(O)(c3ccn[nH]3)CC2)s1. The van der Waals surface area contributed by atoms with Crippen LogP contribution in [0.3, 0.4) is 0 Å². The Kier molecular flexibility index (Phi) is 4.72. The summed E-state index contributed by atoms with van der Waals surface area (Å²) in [5.41, 5.74) is 1.59. The van der Waals surface area contributed by atoms with Crippen LogP contribution in [0.1, 0.15) is 23.4 Å². The lowest BCUT2D eigenvalue weighted by molar-refractivity contribution is -0.0193. The van der Waals surface area contributed by atoms with Gasteiger partial charge in [-0.25, -0.2) is 4.79 Å². The molecule has 0 aliphatic carbocycles. The third-order valence-corrected chi connectivity index (χ3v) is 6.09. The van der Waals surface area contributed by atoms with Crippen LogP contribution in [0.4, 0.5) is 10.5 Å². The van der Waals surface area contributed by atoms with Crippen LogP contribution in [0.25, 0.3) is 10.4 Å². The molecule has 1 saturated heterocycles. The molecule has 4 rings (SSSR count). The molecule has 0 bridgehead atoms. The minimum absolute atomic E-state index is 0.137. The fourth-order valence-electron chi connectivity index (χ4n) is 3.44. The van der Waals surface area contributed by atoms with Gasteiger partial charge in [-0.05, 0) is 44.0 Å². The summed E-state index contributed by atoms with van der Waals surface area (Å²) in [6.07, 6.45) is 2.60. The van der Waals surface area contributed by atoms with E-state index in [-0.39, 0.29) is 6.03 Å². The summed E-state index contributed by atoms with van der Waals surface area (Å²) in [6, 6.07) is 13.7. The zero-order valence-electron chi connectivity index (χ0n) is 15.1. The molecule has 0 saturated carbocycles. The normalized spacial score (nSPS) is 16.3. The molecule has 0 radical (unpaired) electrons. The molecular weight excluding hydrogens is 360 g/mol. The minimum Gasteiger partial charge on any atom is -0.383 e. The highest BCUT2D eigenvalue weighted by Gasteiger charge is 2.36. The van der Waals surface area contributed by atoms with Crippen molar-refractivity contribution in [2.75, 3.05) is 18.4 Å². The number of rotatable bonds is 3. The number of carbonyl (C=O) groups excluding carboxylic acids is 1. The monoisotopic (exact) mass is 382 g/mol. The molecule has 3 aromatic rings. The molecule has 2 aromatic heterocycles. The van der Waals surface area contributed by atoms with Crippen LogP contribution in [-0.2, 0) is 5.60 Å². The number of thiophene rings is 1. The highest BCUT2D eigenvalue weighted by atomic mass is 32.1. The van der Waals surface area contributed by atoms with Crippen molar-refractivity contribution in [3.63, 3.8) is 0 Å². The topological polar surface area (TPSA) is 81.2 Å². The van der Waals surface area contributed by atoms with Gasteiger partial charge >= 0.3 is 6.03 Å². The predicted octanol–water partition coefficient (Wildman–Crippen LogP) is 3.96. The van der Waals surface area contributed by atoms with Crippen LogP contribution >= 0.6 is 11.3 Å². The summed E-state index contributed by atoms with van der Waals surface area (Å²) in [4.78, 5) is 16.9. The van der Waals surface area contributed by atoms with Gasteiger partial charge in [-0.2, -0.15) is 5.10 Å². The summed E-state index contributed by atoms with van der Waals surface area (Å²) in [6.45, 7) is 3.05. The van der Waals surface area contributed by atoms with Crippen LogP contribution in [-0.4, -0.2) is 39.3 Å². The number of H-pyrrole nitrogens is 1. The van der Waals surface area contributed by atoms with Crippen molar-refractivity contribution < 1.29 is 9.90 Å². The number of amides is 2. The fraction of sp³-hybridized carbons (Fsp3) is 0.300. The van der Waals surface area contributed by atoms with E-state index >= 15 is 0 Å². The maximum Gasteiger partial charge on any atom is 0.321 e. The third-order valence-electron chi connectivity index (χ3n) is 5.05. The Labute approximate surface area is 161 Å². The second-order valence-corrected chi connectivity index (χ2v) is 8.16. The summed E-state index contributed by atoms with van der Waals surface area (Å²) in [7, 11) is 0. The van der Waals surface area contributed by atoms with E-state index < -0.39 is 5.60 Å². The quantitative estimate of drug-likeness (QED) is 0.641. The van der Waals surface area contributed by atoms with Crippen molar-refractivity contribution in [2.24, 2.45) is 0 Å². The Morgan fingerprint density at radius 2 is 2.00 bits per heavy atom. The number of aromatic nitrogens is 2. The highest BCUT2D eigenvalue weighted by molar-refractivity contribution is 7.15. The molecule has 1 aromatic carbocycles. The van der Waals surface area contributed by atoms with Gasteiger partial charge in [0.1, 0.15) is 5.60 Å². The maximum atomic E-state index is 12.8. The van der Waals surface area contributed by atoms with E-state index in [9.17, 15) is 9.90 Å². The lowest BCUT2D eigenvalue weighted by Crippen LogP contribution is -2.46. The van der Waals surface area contributed by atoms with Gasteiger partial charge in [0, 0.05) is 34.6 Å².